The lowest BCUT2D eigenvalue weighted by atomic mass is 9.81. The highest BCUT2D eigenvalue weighted by molar-refractivity contribution is 6.00. The zero-order valence-electron chi connectivity index (χ0n) is 11.4. The van der Waals surface area contributed by atoms with Crippen molar-refractivity contribution in [2.75, 3.05) is 6.61 Å². The lowest BCUT2D eigenvalue weighted by Crippen LogP contribution is -2.24. The molecule has 0 aliphatic heterocycles. The average Bonchev–Trinajstić information content (AvgIpc) is 2.84. The molecule has 0 radical (unpaired) electrons. The summed E-state index contributed by atoms with van der Waals surface area (Å²) < 4.78 is 5.53. The Bertz CT molecular complexity index is 400. The summed E-state index contributed by atoms with van der Waals surface area (Å²) in [4.78, 5) is 12.5. The van der Waals surface area contributed by atoms with Crippen molar-refractivity contribution in [3.8, 4) is 5.75 Å². The van der Waals surface area contributed by atoms with Crippen molar-refractivity contribution in [2.24, 2.45) is 5.41 Å². The van der Waals surface area contributed by atoms with Crippen molar-refractivity contribution in [3.63, 3.8) is 0 Å². The molecule has 1 aliphatic rings. The van der Waals surface area contributed by atoms with Crippen molar-refractivity contribution in [3.05, 3.63) is 29.8 Å². The Hall–Kier alpha value is -1.31. The highest BCUT2D eigenvalue weighted by Crippen LogP contribution is 2.40. The van der Waals surface area contributed by atoms with Crippen molar-refractivity contribution in [2.45, 2.75) is 46.0 Å². The Kier molecular flexibility index (Phi) is 4.05. The van der Waals surface area contributed by atoms with Crippen LogP contribution in [0, 0.1) is 5.41 Å². The Balaban J connectivity index is 2.07. The van der Waals surface area contributed by atoms with Crippen LogP contribution in [-0.4, -0.2) is 12.4 Å². The highest BCUT2D eigenvalue weighted by Gasteiger charge is 2.36. The lowest BCUT2D eigenvalue weighted by Gasteiger charge is -2.21. The van der Waals surface area contributed by atoms with Crippen LogP contribution >= 0.6 is 0 Å². The number of rotatable bonds is 5. The molecule has 0 saturated heterocycles. The summed E-state index contributed by atoms with van der Waals surface area (Å²) in [5.74, 6) is 1.15. The van der Waals surface area contributed by atoms with Gasteiger partial charge in [0.15, 0.2) is 5.78 Å². The number of ether oxygens (including phenoxy) is 1. The molecule has 1 saturated carbocycles. The van der Waals surface area contributed by atoms with Gasteiger partial charge in [-0.3, -0.25) is 4.79 Å². The van der Waals surface area contributed by atoms with E-state index in [-0.39, 0.29) is 5.41 Å². The molecule has 0 spiro atoms. The minimum Gasteiger partial charge on any atom is -0.494 e. The Labute approximate surface area is 109 Å². The van der Waals surface area contributed by atoms with Crippen LogP contribution in [-0.2, 0) is 0 Å². The number of Topliss-reactive ketones (excluding diaryl/α,β-unsaturated/α-hetero) is 1. The molecule has 2 heteroatoms. The summed E-state index contributed by atoms with van der Waals surface area (Å²) in [5, 5.41) is 0. The van der Waals surface area contributed by atoms with Crippen molar-refractivity contribution in [1.29, 1.82) is 0 Å². The normalized spacial score (nSPS) is 17.7. The maximum absolute atomic E-state index is 12.5. The van der Waals surface area contributed by atoms with E-state index in [4.69, 9.17) is 4.74 Å². The second-order valence-electron chi connectivity index (χ2n) is 5.47. The van der Waals surface area contributed by atoms with Crippen molar-refractivity contribution in [1.82, 2.24) is 0 Å². The molecule has 1 fully saturated rings. The zero-order chi connectivity index (χ0) is 13.0. The van der Waals surface area contributed by atoms with Gasteiger partial charge in [0, 0.05) is 11.0 Å². The molecule has 1 aromatic rings. The topological polar surface area (TPSA) is 26.3 Å². The second-order valence-corrected chi connectivity index (χ2v) is 5.47. The minimum atomic E-state index is -0.133. The highest BCUT2D eigenvalue weighted by atomic mass is 16.5. The third-order valence-corrected chi connectivity index (χ3v) is 3.84. The largest absolute Gasteiger partial charge is 0.494 e. The Morgan fingerprint density at radius 2 is 1.83 bits per heavy atom. The van der Waals surface area contributed by atoms with Gasteiger partial charge in [0.1, 0.15) is 5.75 Å². The maximum atomic E-state index is 12.5. The molecule has 0 amide bonds. The molecule has 0 N–H and O–H groups in total. The first-order valence-corrected chi connectivity index (χ1v) is 6.93. The van der Waals surface area contributed by atoms with Gasteiger partial charge in [0.25, 0.3) is 0 Å². The summed E-state index contributed by atoms with van der Waals surface area (Å²) >= 11 is 0. The lowest BCUT2D eigenvalue weighted by molar-refractivity contribution is 0.0823. The van der Waals surface area contributed by atoms with Gasteiger partial charge in [0.2, 0.25) is 0 Å². The summed E-state index contributed by atoms with van der Waals surface area (Å²) in [6, 6.07) is 7.61. The van der Waals surface area contributed by atoms with E-state index < -0.39 is 0 Å². The average molecular weight is 246 g/mol. The smallest absolute Gasteiger partial charge is 0.168 e. The number of carbonyl (C=O) groups is 1. The fourth-order valence-corrected chi connectivity index (χ4v) is 2.65. The van der Waals surface area contributed by atoms with Gasteiger partial charge in [-0.2, -0.15) is 0 Å². The molecule has 98 valence electrons. The predicted octanol–water partition coefficient (Wildman–Crippen LogP) is 4.24. The van der Waals surface area contributed by atoms with Gasteiger partial charge in [-0.15, -0.1) is 0 Å². The van der Waals surface area contributed by atoms with E-state index in [2.05, 4.69) is 13.8 Å². The van der Waals surface area contributed by atoms with Gasteiger partial charge < -0.3 is 4.74 Å². The number of hydrogen-bond acceptors (Lipinski definition) is 2. The predicted molar refractivity (Wildman–Crippen MR) is 73.1 cm³/mol. The van der Waals surface area contributed by atoms with Crippen molar-refractivity contribution >= 4 is 5.78 Å². The molecular weight excluding hydrogens is 224 g/mol. The Morgan fingerprint density at radius 3 is 2.39 bits per heavy atom. The fourth-order valence-electron chi connectivity index (χ4n) is 2.65. The zero-order valence-corrected chi connectivity index (χ0v) is 11.4. The van der Waals surface area contributed by atoms with Crippen LogP contribution in [0.5, 0.6) is 5.75 Å². The van der Waals surface area contributed by atoms with E-state index in [0.29, 0.717) is 5.78 Å². The van der Waals surface area contributed by atoms with E-state index in [9.17, 15) is 4.79 Å². The van der Waals surface area contributed by atoms with Crippen LogP contribution in [0.1, 0.15) is 56.3 Å². The summed E-state index contributed by atoms with van der Waals surface area (Å²) in [6.45, 7) is 4.91. The van der Waals surface area contributed by atoms with E-state index in [1.165, 1.54) is 12.8 Å². The first-order chi connectivity index (χ1) is 8.65. The molecule has 0 heterocycles. The third-order valence-electron chi connectivity index (χ3n) is 3.84. The first kappa shape index (κ1) is 13.1. The van der Waals surface area contributed by atoms with Crippen LogP contribution in [0.4, 0.5) is 0 Å². The van der Waals surface area contributed by atoms with Gasteiger partial charge >= 0.3 is 0 Å². The van der Waals surface area contributed by atoms with Crippen LogP contribution in [0.15, 0.2) is 24.3 Å². The quantitative estimate of drug-likeness (QED) is 0.726. The summed E-state index contributed by atoms with van der Waals surface area (Å²) in [7, 11) is 0. The summed E-state index contributed by atoms with van der Waals surface area (Å²) in [5.41, 5.74) is 0.689. The molecule has 2 nitrogen and oxygen atoms in total. The van der Waals surface area contributed by atoms with Crippen LogP contribution in [0.2, 0.25) is 0 Å². The van der Waals surface area contributed by atoms with Gasteiger partial charge in [-0.25, -0.2) is 0 Å². The minimum absolute atomic E-state index is 0.133. The molecule has 0 aromatic heterocycles. The molecule has 1 aliphatic carbocycles. The van der Waals surface area contributed by atoms with Crippen LogP contribution in [0.25, 0.3) is 0 Å². The molecule has 0 bridgehead atoms. The van der Waals surface area contributed by atoms with E-state index in [1.54, 1.807) is 0 Å². The maximum Gasteiger partial charge on any atom is 0.168 e. The number of carbonyl (C=O) groups excluding carboxylic acids is 1. The van der Waals surface area contributed by atoms with Crippen LogP contribution < -0.4 is 4.74 Å². The third kappa shape index (κ3) is 2.74. The molecule has 2 rings (SSSR count). The standard InChI is InChI=1S/C16H22O2/c1-3-12-18-14-8-6-13(7-9-14)15(17)16(2)10-4-5-11-16/h6-9H,3-5,10-12H2,1-2H3. The Morgan fingerprint density at radius 1 is 1.22 bits per heavy atom. The van der Waals surface area contributed by atoms with E-state index in [0.717, 1.165) is 37.2 Å². The molecule has 18 heavy (non-hydrogen) atoms. The molecule has 1 aromatic carbocycles. The van der Waals surface area contributed by atoms with Gasteiger partial charge in [-0.05, 0) is 43.5 Å². The molecule has 0 unspecified atom stereocenters. The first-order valence-electron chi connectivity index (χ1n) is 6.93. The second kappa shape index (κ2) is 5.55. The van der Waals surface area contributed by atoms with E-state index >= 15 is 0 Å². The monoisotopic (exact) mass is 246 g/mol. The van der Waals surface area contributed by atoms with E-state index in [1.807, 2.05) is 24.3 Å². The van der Waals surface area contributed by atoms with Gasteiger partial charge in [0.05, 0.1) is 6.61 Å². The van der Waals surface area contributed by atoms with Crippen LogP contribution in [0.3, 0.4) is 0 Å². The number of benzene rings is 1. The van der Waals surface area contributed by atoms with Gasteiger partial charge in [-0.1, -0.05) is 26.7 Å². The number of hydrogen-bond donors (Lipinski definition) is 0. The fraction of sp³-hybridized carbons (Fsp3) is 0.562. The summed E-state index contributed by atoms with van der Waals surface area (Å²) in [6.07, 6.45) is 5.42. The van der Waals surface area contributed by atoms with Crippen molar-refractivity contribution < 1.29 is 9.53 Å². The number of ketones is 1. The molecule has 0 atom stereocenters. The molecular formula is C16H22O2. The SMILES string of the molecule is CCCOc1ccc(C(=O)C2(C)CCCC2)cc1.